The molecule has 1 aromatic carbocycles. The lowest BCUT2D eigenvalue weighted by Crippen LogP contribution is -1.94. The molecule has 0 fully saturated rings. The molecule has 0 amide bonds. The van der Waals surface area contributed by atoms with Crippen LogP contribution in [0.25, 0.3) is 0 Å². The lowest BCUT2D eigenvalue weighted by atomic mass is 10.1. The van der Waals surface area contributed by atoms with Crippen LogP contribution in [0.1, 0.15) is 23.7 Å². The van der Waals surface area contributed by atoms with Crippen LogP contribution in [-0.4, -0.2) is 5.11 Å². The van der Waals surface area contributed by atoms with Gasteiger partial charge in [0.1, 0.15) is 0 Å². The summed E-state index contributed by atoms with van der Waals surface area (Å²) in [5, 5.41) is 18.1. The Morgan fingerprint density at radius 2 is 2.08 bits per heavy atom. The Morgan fingerprint density at radius 3 is 2.54 bits per heavy atom. The molecule has 0 radical (unpaired) electrons. The van der Waals surface area contributed by atoms with E-state index in [0.717, 1.165) is 5.56 Å². The zero-order valence-electron chi connectivity index (χ0n) is 7.27. The number of benzene rings is 1. The summed E-state index contributed by atoms with van der Waals surface area (Å²) in [6.45, 7) is 3.55. The van der Waals surface area contributed by atoms with E-state index in [1.54, 1.807) is 30.3 Å². The van der Waals surface area contributed by atoms with Gasteiger partial charge in [-0.2, -0.15) is 5.26 Å². The number of nitrogens with zero attached hydrogens (tertiary/aromatic N) is 1. The van der Waals surface area contributed by atoms with E-state index >= 15 is 0 Å². The van der Waals surface area contributed by atoms with Crippen molar-refractivity contribution >= 4 is 0 Å². The number of hydrogen-bond donors (Lipinski definition) is 1. The third kappa shape index (κ3) is 2.43. The molecule has 0 aliphatic rings. The number of hydrogen-bond acceptors (Lipinski definition) is 2. The number of rotatable bonds is 3. The van der Waals surface area contributed by atoms with Crippen LogP contribution in [0, 0.1) is 11.3 Å². The van der Waals surface area contributed by atoms with E-state index in [4.69, 9.17) is 5.26 Å². The molecule has 1 N–H and O–H groups in total. The van der Waals surface area contributed by atoms with Gasteiger partial charge in [0, 0.05) is 0 Å². The van der Waals surface area contributed by atoms with Gasteiger partial charge in [-0.1, -0.05) is 18.2 Å². The lowest BCUT2D eigenvalue weighted by Gasteiger charge is -2.07. The Labute approximate surface area is 77.8 Å². The largest absolute Gasteiger partial charge is 0.388 e. The van der Waals surface area contributed by atoms with Crippen molar-refractivity contribution in [1.29, 1.82) is 5.26 Å². The molecule has 0 spiro atoms. The van der Waals surface area contributed by atoms with Gasteiger partial charge in [-0.25, -0.2) is 0 Å². The molecule has 0 aromatic heterocycles. The molecule has 0 aliphatic carbocycles. The zero-order valence-corrected chi connectivity index (χ0v) is 7.27. The monoisotopic (exact) mass is 173 g/mol. The Bertz CT molecular complexity index is 321. The van der Waals surface area contributed by atoms with E-state index < -0.39 is 6.10 Å². The van der Waals surface area contributed by atoms with E-state index in [9.17, 15) is 5.11 Å². The highest BCUT2D eigenvalue weighted by Gasteiger charge is 2.03. The molecule has 0 aliphatic heterocycles. The van der Waals surface area contributed by atoms with Crippen LogP contribution < -0.4 is 0 Å². The molecule has 13 heavy (non-hydrogen) atoms. The maximum absolute atomic E-state index is 9.53. The Hall–Kier alpha value is -1.59. The average molecular weight is 173 g/mol. The SMILES string of the molecule is C=CC[C@H](O)c1ccc(C#N)cc1. The minimum absolute atomic E-state index is 0.509. The maximum Gasteiger partial charge on any atom is 0.0991 e. The second kappa shape index (κ2) is 4.44. The van der Waals surface area contributed by atoms with Crippen LogP contribution in [-0.2, 0) is 0 Å². The van der Waals surface area contributed by atoms with Crippen molar-refractivity contribution in [1.82, 2.24) is 0 Å². The quantitative estimate of drug-likeness (QED) is 0.712. The van der Waals surface area contributed by atoms with Gasteiger partial charge >= 0.3 is 0 Å². The number of aliphatic hydroxyl groups excluding tert-OH is 1. The van der Waals surface area contributed by atoms with E-state index in [0.29, 0.717) is 12.0 Å². The molecule has 1 rings (SSSR count). The number of nitriles is 1. The van der Waals surface area contributed by atoms with Crippen LogP contribution in [0.15, 0.2) is 36.9 Å². The highest BCUT2D eigenvalue weighted by Crippen LogP contribution is 2.16. The van der Waals surface area contributed by atoms with Crippen molar-refractivity contribution in [2.75, 3.05) is 0 Å². The van der Waals surface area contributed by atoms with Crippen molar-refractivity contribution in [2.24, 2.45) is 0 Å². The van der Waals surface area contributed by atoms with Crippen molar-refractivity contribution in [3.8, 4) is 6.07 Å². The van der Waals surface area contributed by atoms with Crippen LogP contribution in [0.2, 0.25) is 0 Å². The van der Waals surface area contributed by atoms with Crippen molar-refractivity contribution in [2.45, 2.75) is 12.5 Å². The topological polar surface area (TPSA) is 44.0 Å². The summed E-state index contributed by atoms with van der Waals surface area (Å²) >= 11 is 0. The zero-order chi connectivity index (χ0) is 9.68. The van der Waals surface area contributed by atoms with Gasteiger partial charge in [0.2, 0.25) is 0 Å². The molecule has 2 heteroatoms. The standard InChI is InChI=1S/C11H11NO/c1-2-3-11(13)10-6-4-9(8-12)5-7-10/h2,4-7,11,13H,1,3H2/t11-/m0/s1. The third-order valence-electron chi connectivity index (χ3n) is 1.81. The van der Waals surface area contributed by atoms with Gasteiger partial charge < -0.3 is 5.11 Å². The van der Waals surface area contributed by atoms with Gasteiger partial charge in [-0.3, -0.25) is 0 Å². The normalized spacial score (nSPS) is 11.7. The predicted molar refractivity (Wildman–Crippen MR) is 50.9 cm³/mol. The molecule has 0 unspecified atom stereocenters. The molecule has 1 aromatic rings. The van der Waals surface area contributed by atoms with Gasteiger partial charge in [-0.15, -0.1) is 6.58 Å². The predicted octanol–water partition coefficient (Wildman–Crippen LogP) is 2.17. The van der Waals surface area contributed by atoms with E-state index in [1.807, 2.05) is 6.07 Å². The maximum atomic E-state index is 9.53. The molecule has 0 saturated carbocycles. The van der Waals surface area contributed by atoms with Gasteiger partial charge in [-0.05, 0) is 24.1 Å². The highest BCUT2D eigenvalue weighted by atomic mass is 16.3. The second-order valence-electron chi connectivity index (χ2n) is 2.77. The summed E-state index contributed by atoms with van der Waals surface area (Å²) in [6, 6.07) is 8.93. The summed E-state index contributed by atoms with van der Waals surface area (Å²) in [6.07, 6.45) is 1.69. The van der Waals surface area contributed by atoms with Crippen LogP contribution >= 0.6 is 0 Å². The fourth-order valence-electron chi connectivity index (χ4n) is 1.07. The van der Waals surface area contributed by atoms with E-state index in [1.165, 1.54) is 0 Å². The molecule has 0 saturated heterocycles. The smallest absolute Gasteiger partial charge is 0.0991 e. The highest BCUT2D eigenvalue weighted by molar-refractivity contribution is 5.32. The molecular formula is C11H11NO. The van der Waals surface area contributed by atoms with E-state index in [-0.39, 0.29) is 0 Å². The molecule has 1 atom stereocenters. The van der Waals surface area contributed by atoms with Crippen molar-refractivity contribution in [3.05, 3.63) is 48.0 Å². The Kier molecular flexibility index (Phi) is 3.24. The summed E-state index contributed by atoms with van der Waals surface area (Å²) in [4.78, 5) is 0. The van der Waals surface area contributed by atoms with Gasteiger partial charge in [0.05, 0.1) is 17.7 Å². The van der Waals surface area contributed by atoms with E-state index in [2.05, 4.69) is 6.58 Å². The van der Waals surface area contributed by atoms with Crippen LogP contribution in [0.5, 0.6) is 0 Å². The van der Waals surface area contributed by atoms with Crippen LogP contribution in [0.4, 0.5) is 0 Å². The Morgan fingerprint density at radius 1 is 1.46 bits per heavy atom. The first-order chi connectivity index (χ1) is 6.27. The first kappa shape index (κ1) is 9.50. The first-order valence-electron chi connectivity index (χ1n) is 4.07. The van der Waals surface area contributed by atoms with Crippen LogP contribution in [0.3, 0.4) is 0 Å². The minimum atomic E-state index is -0.509. The van der Waals surface area contributed by atoms with Gasteiger partial charge in [0.15, 0.2) is 0 Å². The second-order valence-corrected chi connectivity index (χ2v) is 2.77. The molecular weight excluding hydrogens is 162 g/mol. The third-order valence-corrected chi connectivity index (χ3v) is 1.81. The fraction of sp³-hybridized carbons (Fsp3) is 0.182. The molecule has 0 heterocycles. The summed E-state index contributed by atoms with van der Waals surface area (Å²) < 4.78 is 0. The molecule has 0 bridgehead atoms. The Balaban J connectivity index is 2.80. The molecule has 2 nitrogen and oxygen atoms in total. The minimum Gasteiger partial charge on any atom is -0.388 e. The van der Waals surface area contributed by atoms with Crippen molar-refractivity contribution in [3.63, 3.8) is 0 Å². The average Bonchev–Trinajstić information content (AvgIpc) is 2.18. The van der Waals surface area contributed by atoms with Gasteiger partial charge in [0.25, 0.3) is 0 Å². The van der Waals surface area contributed by atoms with Crippen molar-refractivity contribution < 1.29 is 5.11 Å². The number of aliphatic hydroxyl groups is 1. The lowest BCUT2D eigenvalue weighted by molar-refractivity contribution is 0.181. The summed E-state index contributed by atoms with van der Waals surface area (Å²) in [5.74, 6) is 0. The summed E-state index contributed by atoms with van der Waals surface area (Å²) in [5.41, 5.74) is 1.42. The molecule has 66 valence electrons. The first-order valence-corrected chi connectivity index (χ1v) is 4.07. The fourth-order valence-corrected chi connectivity index (χ4v) is 1.07. The summed E-state index contributed by atoms with van der Waals surface area (Å²) in [7, 11) is 0.